The van der Waals surface area contributed by atoms with E-state index in [-0.39, 0.29) is 6.03 Å². The lowest BCUT2D eigenvalue weighted by Crippen LogP contribution is -2.39. The van der Waals surface area contributed by atoms with E-state index in [0.29, 0.717) is 12.6 Å². The molecule has 4 nitrogen and oxygen atoms in total. The number of carbonyl (C=O) groups excluding carboxylic acids is 1. The third-order valence-corrected chi connectivity index (χ3v) is 3.82. The van der Waals surface area contributed by atoms with E-state index in [4.69, 9.17) is 0 Å². The van der Waals surface area contributed by atoms with Gasteiger partial charge in [-0.15, -0.1) is 0 Å². The van der Waals surface area contributed by atoms with Gasteiger partial charge in [-0.3, -0.25) is 0 Å². The van der Waals surface area contributed by atoms with Crippen LogP contribution in [0.5, 0.6) is 0 Å². The zero-order chi connectivity index (χ0) is 14.4. The number of hydrogen-bond donors (Lipinski definition) is 2. The van der Waals surface area contributed by atoms with Crippen LogP contribution < -0.4 is 10.6 Å². The maximum atomic E-state index is 11.4. The quantitative estimate of drug-likeness (QED) is 0.654. The number of nitrogens with zero attached hydrogens (tertiary/aromatic N) is 1. The van der Waals surface area contributed by atoms with Crippen LogP contribution in [0.2, 0.25) is 0 Å². The summed E-state index contributed by atoms with van der Waals surface area (Å²) in [6.07, 6.45) is 4.90. The zero-order valence-electron chi connectivity index (χ0n) is 12.5. The first kappa shape index (κ1) is 14.9. The van der Waals surface area contributed by atoms with Crippen LogP contribution in [0.4, 0.5) is 4.79 Å². The molecule has 20 heavy (non-hydrogen) atoms. The molecule has 0 aromatic heterocycles. The molecule has 2 N–H and O–H groups in total. The highest BCUT2D eigenvalue weighted by molar-refractivity contribution is 5.73. The summed E-state index contributed by atoms with van der Waals surface area (Å²) in [6.45, 7) is 1.47. The average molecular weight is 275 g/mol. The van der Waals surface area contributed by atoms with Crippen LogP contribution in [0.3, 0.4) is 0 Å². The van der Waals surface area contributed by atoms with Gasteiger partial charge in [0.1, 0.15) is 0 Å². The van der Waals surface area contributed by atoms with Crippen molar-refractivity contribution in [3.63, 3.8) is 0 Å². The van der Waals surface area contributed by atoms with Crippen LogP contribution in [0, 0.1) is 0 Å². The molecule has 0 fully saturated rings. The maximum absolute atomic E-state index is 11.4. The molecule has 0 saturated carbocycles. The summed E-state index contributed by atoms with van der Waals surface area (Å²) < 4.78 is 0. The summed E-state index contributed by atoms with van der Waals surface area (Å²) in [5.41, 5.74) is 2.91. The van der Waals surface area contributed by atoms with E-state index in [1.54, 1.807) is 19.0 Å². The highest BCUT2D eigenvalue weighted by Gasteiger charge is 2.17. The minimum absolute atomic E-state index is 0.0342. The van der Waals surface area contributed by atoms with E-state index in [1.807, 2.05) is 0 Å². The topological polar surface area (TPSA) is 44.4 Å². The van der Waals surface area contributed by atoms with E-state index in [2.05, 4.69) is 34.9 Å². The third kappa shape index (κ3) is 3.97. The number of aryl methyl sites for hydroxylation is 1. The lowest BCUT2D eigenvalue weighted by molar-refractivity contribution is 0.217. The van der Waals surface area contributed by atoms with Gasteiger partial charge in [-0.05, 0) is 30.4 Å². The second kappa shape index (κ2) is 7.29. The van der Waals surface area contributed by atoms with Gasteiger partial charge < -0.3 is 15.5 Å². The fourth-order valence-electron chi connectivity index (χ4n) is 2.71. The molecule has 1 aliphatic carbocycles. The maximum Gasteiger partial charge on any atom is 0.316 e. The Morgan fingerprint density at radius 2 is 2.05 bits per heavy atom. The Morgan fingerprint density at radius 1 is 1.25 bits per heavy atom. The normalized spacial score (nSPS) is 18.0. The number of rotatable bonds is 4. The Kier molecular flexibility index (Phi) is 5.41. The summed E-state index contributed by atoms with van der Waals surface area (Å²) in [5, 5.41) is 6.46. The summed E-state index contributed by atoms with van der Waals surface area (Å²) >= 11 is 0. The van der Waals surface area contributed by atoms with Gasteiger partial charge in [0.2, 0.25) is 0 Å². The molecule has 0 spiro atoms. The smallest absolute Gasteiger partial charge is 0.316 e. The van der Waals surface area contributed by atoms with Gasteiger partial charge in [-0.2, -0.15) is 0 Å². The van der Waals surface area contributed by atoms with Crippen LogP contribution >= 0.6 is 0 Å². The summed E-state index contributed by atoms with van der Waals surface area (Å²) in [7, 11) is 3.51. The molecule has 1 unspecified atom stereocenters. The molecule has 1 aromatic rings. The SMILES string of the molecule is CN(C)C(=O)NCCNC1CCCCc2ccccc21. The summed E-state index contributed by atoms with van der Waals surface area (Å²) in [4.78, 5) is 13.0. The van der Waals surface area contributed by atoms with Gasteiger partial charge in [-0.1, -0.05) is 30.7 Å². The van der Waals surface area contributed by atoms with E-state index >= 15 is 0 Å². The second-order valence-corrected chi connectivity index (χ2v) is 5.58. The van der Waals surface area contributed by atoms with Crippen molar-refractivity contribution in [2.75, 3.05) is 27.2 Å². The number of nitrogens with one attached hydrogen (secondary N) is 2. The number of hydrogen-bond acceptors (Lipinski definition) is 2. The lowest BCUT2D eigenvalue weighted by Gasteiger charge is -2.20. The van der Waals surface area contributed by atoms with Crippen molar-refractivity contribution < 1.29 is 4.79 Å². The van der Waals surface area contributed by atoms with E-state index < -0.39 is 0 Å². The van der Waals surface area contributed by atoms with Crippen LogP contribution in [0.1, 0.15) is 36.4 Å². The molecule has 110 valence electrons. The van der Waals surface area contributed by atoms with Crippen molar-refractivity contribution >= 4 is 6.03 Å². The van der Waals surface area contributed by atoms with Crippen LogP contribution in [-0.4, -0.2) is 38.1 Å². The predicted molar refractivity (Wildman–Crippen MR) is 81.8 cm³/mol. The molecular formula is C16H25N3O. The highest BCUT2D eigenvalue weighted by Crippen LogP contribution is 2.28. The average Bonchev–Trinajstić information content (AvgIpc) is 2.65. The van der Waals surface area contributed by atoms with E-state index in [0.717, 1.165) is 6.54 Å². The highest BCUT2D eigenvalue weighted by atomic mass is 16.2. The van der Waals surface area contributed by atoms with Crippen molar-refractivity contribution in [2.24, 2.45) is 0 Å². The molecule has 0 radical (unpaired) electrons. The Bertz CT molecular complexity index is 445. The van der Waals surface area contributed by atoms with Gasteiger partial charge in [0.15, 0.2) is 0 Å². The molecule has 1 atom stereocenters. The number of benzene rings is 1. The number of urea groups is 1. The predicted octanol–water partition coefficient (Wildman–Crippen LogP) is 2.31. The number of carbonyl (C=O) groups is 1. The third-order valence-electron chi connectivity index (χ3n) is 3.82. The van der Waals surface area contributed by atoms with Gasteiger partial charge in [-0.25, -0.2) is 4.79 Å². The molecular weight excluding hydrogens is 250 g/mol. The van der Waals surface area contributed by atoms with Gasteiger partial charge in [0, 0.05) is 33.2 Å². The second-order valence-electron chi connectivity index (χ2n) is 5.58. The minimum Gasteiger partial charge on any atom is -0.337 e. The zero-order valence-corrected chi connectivity index (χ0v) is 12.5. The van der Waals surface area contributed by atoms with Crippen molar-refractivity contribution in [1.82, 2.24) is 15.5 Å². The number of amides is 2. The van der Waals surface area contributed by atoms with Crippen molar-refractivity contribution in [1.29, 1.82) is 0 Å². The lowest BCUT2D eigenvalue weighted by atomic mass is 9.99. The Hall–Kier alpha value is -1.55. The first-order chi connectivity index (χ1) is 9.68. The molecule has 0 aliphatic heterocycles. The molecule has 2 amide bonds. The van der Waals surface area contributed by atoms with Crippen molar-refractivity contribution in [3.05, 3.63) is 35.4 Å². The fourth-order valence-corrected chi connectivity index (χ4v) is 2.71. The molecule has 4 heteroatoms. The van der Waals surface area contributed by atoms with Gasteiger partial charge in [0.05, 0.1) is 0 Å². The van der Waals surface area contributed by atoms with Crippen molar-refractivity contribution in [2.45, 2.75) is 31.7 Å². The Balaban J connectivity index is 1.85. The first-order valence-corrected chi connectivity index (χ1v) is 7.45. The summed E-state index contributed by atoms with van der Waals surface area (Å²) in [6, 6.07) is 9.10. The molecule has 0 saturated heterocycles. The van der Waals surface area contributed by atoms with Gasteiger partial charge in [0.25, 0.3) is 0 Å². The standard InChI is InChI=1S/C16H25N3O/c1-19(2)16(20)18-12-11-17-15-10-6-4-8-13-7-3-5-9-14(13)15/h3,5,7,9,15,17H,4,6,8,10-12H2,1-2H3,(H,18,20). The van der Waals surface area contributed by atoms with Gasteiger partial charge >= 0.3 is 6.03 Å². The van der Waals surface area contributed by atoms with Crippen LogP contribution in [-0.2, 0) is 6.42 Å². The number of fused-ring (bicyclic) bond motifs is 1. The molecule has 0 heterocycles. The van der Waals surface area contributed by atoms with Crippen LogP contribution in [0.25, 0.3) is 0 Å². The van der Waals surface area contributed by atoms with Crippen LogP contribution in [0.15, 0.2) is 24.3 Å². The molecule has 2 rings (SSSR count). The Morgan fingerprint density at radius 3 is 2.85 bits per heavy atom. The molecule has 0 bridgehead atoms. The van der Waals surface area contributed by atoms with Crippen molar-refractivity contribution in [3.8, 4) is 0 Å². The minimum atomic E-state index is -0.0342. The fraction of sp³-hybridized carbons (Fsp3) is 0.562. The monoisotopic (exact) mass is 275 g/mol. The Labute approximate surface area is 121 Å². The molecule has 1 aliphatic rings. The largest absolute Gasteiger partial charge is 0.337 e. The first-order valence-electron chi connectivity index (χ1n) is 7.45. The van der Waals surface area contributed by atoms with E-state index in [9.17, 15) is 4.79 Å². The summed E-state index contributed by atoms with van der Waals surface area (Å²) in [5.74, 6) is 0. The van der Waals surface area contributed by atoms with E-state index in [1.165, 1.54) is 36.8 Å². The molecule has 1 aromatic carbocycles.